The van der Waals surface area contributed by atoms with Crippen LogP contribution < -0.4 is 5.73 Å². The number of amides is 1. The number of nitrogens with two attached hydrogens (primary N) is 1. The van der Waals surface area contributed by atoms with E-state index >= 15 is 0 Å². The van der Waals surface area contributed by atoms with Crippen LogP contribution in [0.5, 0.6) is 0 Å². The molecule has 0 radical (unpaired) electrons. The zero-order valence-electron chi connectivity index (χ0n) is 8.55. The summed E-state index contributed by atoms with van der Waals surface area (Å²) >= 11 is 0. The van der Waals surface area contributed by atoms with E-state index in [9.17, 15) is 4.79 Å². The molecule has 0 aromatic heterocycles. The minimum Gasteiger partial charge on any atom is -0.366 e. The highest BCUT2D eigenvalue weighted by atomic mass is 16.1. The molecule has 0 heterocycles. The molecular formula is C13H13NO. The molecule has 1 amide bonds. The van der Waals surface area contributed by atoms with E-state index in [4.69, 9.17) is 5.73 Å². The molecule has 1 aromatic carbocycles. The zero-order chi connectivity index (χ0) is 10.4. The third-order valence-corrected chi connectivity index (χ3v) is 3.40. The molecule has 2 aliphatic rings. The van der Waals surface area contributed by atoms with Gasteiger partial charge in [-0.3, -0.25) is 4.79 Å². The first-order chi connectivity index (χ1) is 7.25. The first kappa shape index (κ1) is 8.72. The summed E-state index contributed by atoms with van der Waals surface area (Å²) in [6, 6.07) is 4.42. The molecule has 0 aliphatic heterocycles. The smallest absolute Gasteiger partial charge is 0.249 e. The average molecular weight is 199 g/mol. The zero-order valence-corrected chi connectivity index (χ0v) is 8.55. The van der Waals surface area contributed by atoms with Crippen molar-refractivity contribution < 1.29 is 4.79 Å². The van der Waals surface area contributed by atoms with Gasteiger partial charge in [0.15, 0.2) is 0 Å². The molecule has 0 spiro atoms. The molecule has 15 heavy (non-hydrogen) atoms. The second-order valence-electron chi connectivity index (χ2n) is 4.32. The molecule has 2 aliphatic carbocycles. The largest absolute Gasteiger partial charge is 0.366 e. The normalized spacial score (nSPS) is 17.2. The number of fused-ring (bicyclic) bond motifs is 2. The Labute approximate surface area is 88.8 Å². The molecule has 76 valence electrons. The standard InChI is InChI=1S/C13H13NO/c14-13(15)11-5-4-10-6-8-2-1-3-9(8)7-12(10)11/h5-7H,1-4H2,(H2,14,15). The van der Waals surface area contributed by atoms with Gasteiger partial charge in [0.05, 0.1) is 0 Å². The van der Waals surface area contributed by atoms with Gasteiger partial charge in [-0.15, -0.1) is 0 Å². The Hall–Kier alpha value is -1.57. The lowest BCUT2D eigenvalue weighted by Crippen LogP contribution is -2.12. The average Bonchev–Trinajstić information content (AvgIpc) is 2.77. The highest BCUT2D eigenvalue weighted by molar-refractivity contribution is 6.20. The Bertz CT molecular complexity index is 486. The molecular weight excluding hydrogens is 186 g/mol. The SMILES string of the molecule is NC(=O)C1=CCc2cc3c(cc21)CCC3. The Balaban J connectivity index is 2.14. The Morgan fingerprint density at radius 3 is 2.60 bits per heavy atom. The minimum atomic E-state index is -0.299. The van der Waals surface area contributed by atoms with E-state index in [1.54, 1.807) is 0 Å². The third kappa shape index (κ3) is 1.21. The van der Waals surface area contributed by atoms with Crippen LogP contribution in [0.15, 0.2) is 18.2 Å². The van der Waals surface area contributed by atoms with E-state index in [2.05, 4.69) is 12.1 Å². The van der Waals surface area contributed by atoms with E-state index in [0.29, 0.717) is 5.57 Å². The Kier molecular flexibility index (Phi) is 1.72. The van der Waals surface area contributed by atoms with Gasteiger partial charge in [0.2, 0.25) is 5.91 Å². The van der Waals surface area contributed by atoms with Crippen LogP contribution in [0.25, 0.3) is 5.57 Å². The van der Waals surface area contributed by atoms with Crippen molar-refractivity contribution in [2.75, 3.05) is 0 Å². The van der Waals surface area contributed by atoms with Crippen molar-refractivity contribution in [1.29, 1.82) is 0 Å². The molecule has 0 saturated carbocycles. The molecule has 0 fully saturated rings. The number of allylic oxidation sites excluding steroid dienone is 1. The van der Waals surface area contributed by atoms with Crippen LogP contribution in [-0.4, -0.2) is 5.91 Å². The number of hydrogen-bond donors (Lipinski definition) is 1. The molecule has 2 heteroatoms. The second kappa shape index (κ2) is 2.96. The van der Waals surface area contributed by atoms with Crippen LogP contribution in [0.2, 0.25) is 0 Å². The van der Waals surface area contributed by atoms with Crippen molar-refractivity contribution in [3.8, 4) is 0 Å². The summed E-state index contributed by atoms with van der Waals surface area (Å²) in [5, 5.41) is 0. The predicted octanol–water partition coefficient (Wildman–Crippen LogP) is 1.60. The van der Waals surface area contributed by atoms with E-state index in [1.165, 1.54) is 29.5 Å². The second-order valence-corrected chi connectivity index (χ2v) is 4.32. The quantitative estimate of drug-likeness (QED) is 0.733. The minimum absolute atomic E-state index is 0.299. The van der Waals surface area contributed by atoms with Gasteiger partial charge in [0, 0.05) is 5.57 Å². The summed E-state index contributed by atoms with van der Waals surface area (Å²) in [6.45, 7) is 0. The number of carbonyl (C=O) groups excluding carboxylic acids is 1. The van der Waals surface area contributed by atoms with Gasteiger partial charge in [-0.1, -0.05) is 18.2 Å². The fraction of sp³-hybridized carbons (Fsp3) is 0.308. The Morgan fingerprint density at radius 1 is 1.13 bits per heavy atom. The highest BCUT2D eigenvalue weighted by Gasteiger charge is 2.21. The van der Waals surface area contributed by atoms with Crippen LogP contribution >= 0.6 is 0 Å². The predicted molar refractivity (Wildman–Crippen MR) is 59.3 cm³/mol. The van der Waals surface area contributed by atoms with E-state index in [0.717, 1.165) is 18.4 Å². The van der Waals surface area contributed by atoms with Crippen molar-refractivity contribution in [2.45, 2.75) is 25.7 Å². The van der Waals surface area contributed by atoms with Gasteiger partial charge >= 0.3 is 0 Å². The number of hydrogen-bond acceptors (Lipinski definition) is 1. The van der Waals surface area contributed by atoms with Gasteiger partial charge in [-0.25, -0.2) is 0 Å². The van der Waals surface area contributed by atoms with E-state index < -0.39 is 0 Å². The topological polar surface area (TPSA) is 43.1 Å². The van der Waals surface area contributed by atoms with Crippen LogP contribution in [0.4, 0.5) is 0 Å². The van der Waals surface area contributed by atoms with Crippen LogP contribution in [0.1, 0.15) is 28.7 Å². The molecule has 1 aromatic rings. The summed E-state index contributed by atoms with van der Waals surface area (Å²) in [4.78, 5) is 11.2. The maximum absolute atomic E-state index is 11.2. The third-order valence-electron chi connectivity index (χ3n) is 3.40. The number of carbonyl (C=O) groups is 1. The fourth-order valence-electron chi connectivity index (χ4n) is 2.65. The van der Waals surface area contributed by atoms with Crippen molar-refractivity contribution in [2.24, 2.45) is 5.73 Å². The monoisotopic (exact) mass is 199 g/mol. The van der Waals surface area contributed by atoms with Crippen molar-refractivity contribution >= 4 is 11.5 Å². The maximum atomic E-state index is 11.2. The molecule has 2 nitrogen and oxygen atoms in total. The summed E-state index contributed by atoms with van der Waals surface area (Å²) in [5.74, 6) is -0.299. The summed E-state index contributed by atoms with van der Waals surface area (Å²) in [7, 11) is 0. The molecule has 2 N–H and O–H groups in total. The van der Waals surface area contributed by atoms with Crippen LogP contribution in [0, 0.1) is 0 Å². The lowest BCUT2D eigenvalue weighted by Gasteiger charge is -2.06. The molecule has 0 saturated heterocycles. The highest BCUT2D eigenvalue weighted by Crippen LogP contribution is 2.33. The fourth-order valence-corrected chi connectivity index (χ4v) is 2.65. The lowest BCUT2D eigenvalue weighted by molar-refractivity contribution is -0.112. The summed E-state index contributed by atoms with van der Waals surface area (Å²) in [6.07, 6.45) is 6.39. The number of aryl methyl sites for hydroxylation is 2. The first-order valence-electron chi connectivity index (χ1n) is 5.41. The van der Waals surface area contributed by atoms with E-state index in [1.807, 2.05) is 6.08 Å². The number of primary amides is 1. The maximum Gasteiger partial charge on any atom is 0.249 e. The van der Waals surface area contributed by atoms with Gasteiger partial charge in [0.1, 0.15) is 0 Å². The molecule has 0 atom stereocenters. The number of rotatable bonds is 1. The van der Waals surface area contributed by atoms with Crippen molar-refractivity contribution in [3.05, 3.63) is 40.5 Å². The first-order valence-corrected chi connectivity index (χ1v) is 5.41. The van der Waals surface area contributed by atoms with E-state index in [-0.39, 0.29) is 5.91 Å². The molecule has 0 unspecified atom stereocenters. The van der Waals surface area contributed by atoms with Crippen molar-refractivity contribution in [3.63, 3.8) is 0 Å². The molecule has 0 bridgehead atoms. The van der Waals surface area contributed by atoms with Gasteiger partial charge in [-0.2, -0.15) is 0 Å². The summed E-state index contributed by atoms with van der Waals surface area (Å²) in [5.41, 5.74) is 11.3. The van der Waals surface area contributed by atoms with Gasteiger partial charge in [0.25, 0.3) is 0 Å². The van der Waals surface area contributed by atoms with Gasteiger partial charge < -0.3 is 5.73 Å². The molecule has 3 rings (SSSR count). The lowest BCUT2D eigenvalue weighted by atomic mass is 9.99. The number of benzene rings is 1. The van der Waals surface area contributed by atoms with Crippen LogP contribution in [-0.2, 0) is 24.1 Å². The van der Waals surface area contributed by atoms with Crippen molar-refractivity contribution in [1.82, 2.24) is 0 Å². The summed E-state index contributed by atoms with van der Waals surface area (Å²) < 4.78 is 0. The van der Waals surface area contributed by atoms with Crippen LogP contribution in [0.3, 0.4) is 0 Å². The van der Waals surface area contributed by atoms with Gasteiger partial charge in [-0.05, 0) is 47.9 Å². The Morgan fingerprint density at radius 2 is 1.87 bits per heavy atom.